The molecule has 1 aromatic heterocycles. The number of rotatable bonds is 10. The molecule has 3 amide bonds. The van der Waals surface area contributed by atoms with E-state index in [4.69, 9.17) is 0 Å². The fourth-order valence-corrected chi connectivity index (χ4v) is 5.50. The zero-order valence-corrected chi connectivity index (χ0v) is 24.9. The minimum atomic E-state index is -0.470. The molecule has 0 saturated carbocycles. The second kappa shape index (κ2) is 14.3. The number of aromatic nitrogens is 1. The molecule has 43 heavy (non-hydrogen) atoms. The summed E-state index contributed by atoms with van der Waals surface area (Å²) in [5.41, 5.74) is 4.74. The second-order valence-electron chi connectivity index (χ2n) is 9.51. The van der Waals surface area contributed by atoms with Crippen molar-refractivity contribution in [3.05, 3.63) is 137 Å². The van der Waals surface area contributed by atoms with Gasteiger partial charge in [0.25, 0.3) is 11.8 Å². The zero-order valence-electron chi connectivity index (χ0n) is 23.2. The van der Waals surface area contributed by atoms with E-state index in [9.17, 15) is 14.4 Å². The summed E-state index contributed by atoms with van der Waals surface area (Å²) in [6.07, 6.45) is 1.64. The van der Waals surface area contributed by atoms with Crippen molar-refractivity contribution in [2.24, 2.45) is 0 Å². The van der Waals surface area contributed by atoms with Crippen LogP contribution in [0, 0.1) is 6.92 Å². The number of anilines is 2. The van der Waals surface area contributed by atoms with Gasteiger partial charge in [-0.25, -0.2) is 4.98 Å². The first-order chi connectivity index (χ1) is 20.9. The maximum Gasteiger partial charge on any atom is 0.272 e. The van der Waals surface area contributed by atoms with E-state index in [1.165, 1.54) is 23.1 Å². The van der Waals surface area contributed by atoms with Crippen molar-refractivity contribution in [1.82, 2.24) is 10.3 Å². The lowest BCUT2D eigenvalue weighted by molar-refractivity contribution is -0.114. The lowest BCUT2D eigenvalue weighted by Gasteiger charge is -2.12. The summed E-state index contributed by atoms with van der Waals surface area (Å²) in [6.45, 7) is 1.98. The van der Waals surface area contributed by atoms with Crippen LogP contribution < -0.4 is 16.0 Å². The topological polar surface area (TPSA) is 100 Å². The minimum Gasteiger partial charge on any atom is -0.321 e. The number of nitrogens with zero attached hydrogens (tertiary/aromatic N) is 1. The van der Waals surface area contributed by atoms with Crippen LogP contribution in [-0.2, 0) is 9.59 Å². The zero-order chi connectivity index (χ0) is 30.0. The van der Waals surface area contributed by atoms with Gasteiger partial charge in [0.05, 0.1) is 11.4 Å². The minimum absolute atomic E-state index is 0.105. The molecular formula is C34H28N4O3S2. The first kappa shape index (κ1) is 29.5. The van der Waals surface area contributed by atoms with E-state index < -0.39 is 5.91 Å². The first-order valence-electron chi connectivity index (χ1n) is 13.4. The van der Waals surface area contributed by atoms with Crippen LogP contribution in [0.3, 0.4) is 0 Å². The Hall–Kier alpha value is -4.99. The molecular weight excluding hydrogens is 577 g/mol. The number of hydrogen-bond donors (Lipinski definition) is 3. The summed E-state index contributed by atoms with van der Waals surface area (Å²) in [5, 5.41) is 10.9. The van der Waals surface area contributed by atoms with Crippen LogP contribution in [0.5, 0.6) is 0 Å². The summed E-state index contributed by atoms with van der Waals surface area (Å²) in [7, 11) is 0. The number of benzene rings is 4. The molecule has 0 atom stereocenters. The molecule has 0 unspecified atom stereocenters. The lowest BCUT2D eigenvalue weighted by Crippen LogP contribution is -2.30. The Morgan fingerprint density at radius 3 is 2.30 bits per heavy atom. The largest absolute Gasteiger partial charge is 0.321 e. The molecule has 0 spiro atoms. The molecule has 0 fully saturated rings. The van der Waals surface area contributed by atoms with Crippen molar-refractivity contribution in [2.75, 3.05) is 16.4 Å². The van der Waals surface area contributed by atoms with Crippen LogP contribution in [0.25, 0.3) is 17.3 Å². The highest BCUT2D eigenvalue weighted by Gasteiger charge is 2.16. The molecule has 0 bridgehead atoms. The highest BCUT2D eigenvalue weighted by molar-refractivity contribution is 8.00. The number of carbonyl (C=O) groups is 3. The van der Waals surface area contributed by atoms with Gasteiger partial charge in [0.15, 0.2) is 5.13 Å². The Morgan fingerprint density at radius 1 is 0.837 bits per heavy atom. The van der Waals surface area contributed by atoms with Crippen molar-refractivity contribution in [3.8, 4) is 11.3 Å². The maximum absolute atomic E-state index is 13.4. The van der Waals surface area contributed by atoms with E-state index in [2.05, 4.69) is 20.9 Å². The van der Waals surface area contributed by atoms with Crippen LogP contribution in [0.2, 0.25) is 0 Å². The molecule has 0 aliphatic rings. The van der Waals surface area contributed by atoms with Crippen molar-refractivity contribution in [3.63, 3.8) is 0 Å². The van der Waals surface area contributed by atoms with Gasteiger partial charge in [-0.3, -0.25) is 14.4 Å². The number of aryl methyl sites for hydroxylation is 1. The molecule has 5 rings (SSSR count). The molecule has 7 nitrogen and oxygen atoms in total. The van der Waals surface area contributed by atoms with Gasteiger partial charge in [0, 0.05) is 27.1 Å². The molecule has 4 aromatic carbocycles. The number of carbonyl (C=O) groups excluding carboxylic acids is 3. The SMILES string of the molecule is Cc1ccc(/C=C(\NC(=O)c2ccccc2)C(=O)Nc2cccc(SCC(=O)Nc3nc(-c4ccccc4)cs3)c2)cc1. The van der Waals surface area contributed by atoms with Gasteiger partial charge in [-0.2, -0.15) is 0 Å². The predicted octanol–water partition coefficient (Wildman–Crippen LogP) is 7.26. The second-order valence-corrected chi connectivity index (χ2v) is 11.4. The van der Waals surface area contributed by atoms with Gasteiger partial charge in [-0.1, -0.05) is 84.4 Å². The summed E-state index contributed by atoms with van der Waals surface area (Å²) in [4.78, 5) is 44.2. The fraction of sp³-hybridized carbons (Fsp3) is 0.0588. The average Bonchev–Trinajstić information content (AvgIpc) is 3.50. The van der Waals surface area contributed by atoms with Crippen LogP contribution in [0.1, 0.15) is 21.5 Å². The number of hydrogen-bond acceptors (Lipinski definition) is 6. The van der Waals surface area contributed by atoms with Crippen molar-refractivity contribution >= 4 is 57.7 Å². The van der Waals surface area contributed by atoms with E-state index in [0.717, 1.165) is 27.3 Å². The van der Waals surface area contributed by atoms with Gasteiger partial charge in [0.2, 0.25) is 5.91 Å². The van der Waals surface area contributed by atoms with Gasteiger partial charge in [0.1, 0.15) is 5.70 Å². The summed E-state index contributed by atoms with van der Waals surface area (Å²) < 4.78 is 0. The summed E-state index contributed by atoms with van der Waals surface area (Å²) >= 11 is 2.72. The number of amides is 3. The quantitative estimate of drug-likeness (QED) is 0.115. The molecule has 0 aliphatic carbocycles. The van der Waals surface area contributed by atoms with Crippen LogP contribution in [-0.4, -0.2) is 28.5 Å². The summed E-state index contributed by atoms with van der Waals surface area (Å²) in [5.74, 6) is -0.868. The van der Waals surface area contributed by atoms with E-state index >= 15 is 0 Å². The highest BCUT2D eigenvalue weighted by atomic mass is 32.2. The number of thioether (sulfide) groups is 1. The molecule has 214 valence electrons. The lowest BCUT2D eigenvalue weighted by atomic mass is 10.1. The third-order valence-electron chi connectivity index (χ3n) is 6.20. The van der Waals surface area contributed by atoms with Crippen molar-refractivity contribution < 1.29 is 14.4 Å². The third-order valence-corrected chi connectivity index (χ3v) is 7.95. The number of thiazole rings is 1. The van der Waals surface area contributed by atoms with Crippen molar-refractivity contribution in [1.29, 1.82) is 0 Å². The predicted molar refractivity (Wildman–Crippen MR) is 175 cm³/mol. The van der Waals surface area contributed by atoms with Gasteiger partial charge >= 0.3 is 0 Å². The fourth-order valence-electron chi connectivity index (χ4n) is 4.01. The van der Waals surface area contributed by atoms with E-state index in [1.54, 1.807) is 48.5 Å². The van der Waals surface area contributed by atoms with Gasteiger partial charge in [-0.05, 0) is 48.9 Å². The molecule has 1 heterocycles. The van der Waals surface area contributed by atoms with Crippen LogP contribution in [0.4, 0.5) is 10.8 Å². The Kier molecular flexibility index (Phi) is 9.78. The monoisotopic (exact) mass is 604 g/mol. The Bertz CT molecular complexity index is 1750. The Labute approximate surface area is 258 Å². The molecule has 0 aliphatic heterocycles. The average molecular weight is 605 g/mol. The first-order valence-corrected chi connectivity index (χ1v) is 15.3. The van der Waals surface area contributed by atoms with Gasteiger partial charge in [-0.15, -0.1) is 23.1 Å². The van der Waals surface area contributed by atoms with E-state index in [0.29, 0.717) is 16.4 Å². The Balaban J connectivity index is 1.22. The standard InChI is InChI=1S/C34H28N4O3S2/c1-23-15-17-24(18-16-23)19-29(36-32(40)26-11-6-3-7-12-26)33(41)35-27-13-8-14-28(20-27)42-22-31(39)38-34-37-30(21-43-34)25-9-4-2-5-10-25/h2-21H,22H2,1H3,(H,35,41)(H,36,40)(H,37,38,39)/b29-19-. The van der Waals surface area contributed by atoms with E-state index in [1.807, 2.05) is 79.0 Å². The molecule has 5 aromatic rings. The maximum atomic E-state index is 13.4. The van der Waals surface area contributed by atoms with Gasteiger partial charge < -0.3 is 16.0 Å². The molecule has 9 heteroatoms. The van der Waals surface area contributed by atoms with Crippen LogP contribution in [0.15, 0.2) is 125 Å². The highest BCUT2D eigenvalue weighted by Crippen LogP contribution is 2.26. The third kappa shape index (κ3) is 8.51. The van der Waals surface area contributed by atoms with Crippen LogP contribution >= 0.6 is 23.1 Å². The number of nitrogens with one attached hydrogen (secondary N) is 3. The normalized spacial score (nSPS) is 11.0. The van der Waals surface area contributed by atoms with E-state index in [-0.39, 0.29) is 23.3 Å². The molecule has 0 radical (unpaired) electrons. The Morgan fingerprint density at radius 2 is 1.56 bits per heavy atom. The molecule has 3 N–H and O–H groups in total. The smallest absolute Gasteiger partial charge is 0.272 e. The summed E-state index contributed by atoms with van der Waals surface area (Å²) in [6, 6.07) is 33.4. The molecule has 0 saturated heterocycles. The van der Waals surface area contributed by atoms with Crippen molar-refractivity contribution in [2.45, 2.75) is 11.8 Å².